The molecule has 1 amide bonds. The summed E-state index contributed by atoms with van der Waals surface area (Å²) < 4.78 is 42.3. The third-order valence-electron chi connectivity index (χ3n) is 5.37. The highest BCUT2D eigenvalue weighted by Gasteiger charge is 2.25. The first-order valence-electron chi connectivity index (χ1n) is 9.97. The van der Waals surface area contributed by atoms with Gasteiger partial charge in [0.05, 0.1) is 10.6 Å². The van der Waals surface area contributed by atoms with Crippen molar-refractivity contribution < 1.29 is 22.1 Å². The Morgan fingerprint density at radius 2 is 1.68 bits per heavy atom. The van der Waals surface area contributed by atoms with Crippen LogP contribution in [-0.4, -0.2) is 56.3 Å². The van der Waals surface area contributed by atoms with Crippen LogP contribution in [0.2, 0.25) is 0 Å². The molecule has 2 heterocycles. The van der Waals surface area contributed by atoms with Gasteiger partial charge in [0, 0.05) is 43.5 Å². The molecule has 7 nitrogen and oxygen atoms in total. The van der Waals surface area contributed by atoms with Crippen LogP contribution in [0.25, 0.3) is 11.3 Å². The number of aromatic nitrogens is 1. The van der Waals surface area contributed by atoms with Gasteiger partial charge in [-0.15, -0.1) is 0 Å². The zero-order valence-electron chi connectivity index (χ0n) is 17.0. The number of carbonyl (C=O) groups excluding carboxylic acids is 1. The van der Waals surface area contributed by atoms with Crippen LogP contribution in [0.5, 0.6) is 0 Å². The molecular weight excluding hydrogens is 421 g/mol. The van der Waals surface area contributed by atoms with E-state index in [9.17, 15) is 17.6 Å². The second kappa shape index (κ2) is 8.50. The van der Waals surface area contributed by atoms with Gasteiger partial charge in [-0.25, -0.2) is 12.8 Å². The fraction of sp³-hybridized carbons (Fsp3) is 0.273. The molecule has 0 aliphatic carbocycles. The second-order valence-corrected chi connectivity index (χ2v) is 9.54. The maximum atomic E-state index is 13.1. The van der Waals surface area contributed by atoms with Crippen molar-refractivity contribution in [3.8, 4) is 11.3 Å². The minimum Gasteiger partial charge on any atom is -0.368 e. The number of halogens is 1. The van der Waals surface area contributed by atoms with Crippen LogP contribution in [0.1, 0.15) is 17.4 Å². The van der Waals surface area contributed by atoms with Crippen LogP contribution in [0.4, 0.5) is 10.1 Å². The molecule has 1 aliphatic heterocycles. The van der Waals surface area contributed by atoms with Crippen LogP contribution in [0.15, 0.2) is 64.0 Å². The molecule has 0 radical (unpaired) electrons. The lowest BCUT2D eigenvalue weighted by molar-refractivity contribution is 0.0736. The molecule has 4 rings (SSSR count). The first kappa shape index (κ1) is 21.0. The summed E-state index contributed by atoms with van der Waals surface area (Å²) in [6.45, 7) is 3.89. The van der Waals surface area contributed by atoms with E-state index in [4.69, 9.17) is 4.52 Å². The lowest BCUT2D eigenvalue weighted by Crippen LogP contribution is -2.48. The van der Waals surface area contributed by atoms with Crippen molar-refractivity contribution in [3.05, 3.63) is 66.1 Å². The Labute approximate surface area is 180 Å². The predicted octanol–water partition coefficient (Wildman–Crippen LogP) is 3.24. The number of amides is 1. The van der Waals surface area contributed by atoms with Crippen molar-refractivity contribution in [1.29, 1.82) is 0 Å². The highest BCUT2D eigenvalue weighted by Crippen LogP contribution is 2.24. The summed E-state index contributed by atoms with van der Waals surface area (Å²) in [6.07, 6.45) is 0. The summed E-state index contributed by atoms with van der Waals surface area (Å²) in [7, 11) is -3.28. The number of benzene rings is 2. The largest absolute Gasteiger partial charge is 0.368 e. The topological polar surface area (TPSA) is 83.7 Å². The van der Waals surface area contributed by atoms with E-state index >= 15 is 0 Å². The molecule has 31 heavy (non-hydrogen) atoms. The van der Waals surface area contributed by atoms with E-state index in [1.807, 2.05) is 0 Å². The molecule has 162 valence electrons. The molecular formula is C22H22FN3O4S. The van der Waals surface area contributed by atoms with Crippen molar-refractivity contribution in [1.82, 2.24) is 10.1 Å². The molecule has 0 saturated carbocycles. The molecule has 0 N–H and O–H groups in total. The summed E-state index contributed by atoms with van der Waals surface area (Å²) in [5.41, 5.74) is 1.77. The van der Waals surface area contributed by atoms with E-state index in [1.54, 1.807) is 42.2 Å². The molecule has 1 aliphatic rings. The first-order chi connectivity index (χ1) is 14.9. The Kier molecular flexibility index (Phi) is 5.77. The molecule has 1 aromatic heterocycles. The van der Waals surface area contributed by atoms with E-state index in [2.05, 4.69) is 10.1 Å². The molecule has 0 unspecified atom stereocenters. The number of rotatable bonds is 5. The Balaban J connectivity index is 1.41. The highest BCUT2D eigenvalue weighted by atomic mass is 32.2. The van der Waals surface area contributed by atoms with E-state index in [1.165, 1.54) is 24.3 Å². The average Bonchev–Trinajstić information content (AvgIpc) is 3.30. The SMILES string of the molecule is CCS(=O)(=O)c1ccc(-c2cc(C(=O)N3CCN(c4ccc(F)cc4)CC3)no2)cc1. The minimum absolute atomic E-state index is 0.0295. The summed E-state index contributed by atoms with van der Waals surface area (Å²) in [4.78, 5) is 16.9. The van der Waals surface area contributed by atoms with Crippen LogP contribution in [0, 0.1) is 5.82 Å². The fourth-order valence-corrected chi connectivity index (χ4v) is 4.37. The van der Waals surface area contributed by atoms with Crippen LogP contribution < -0.4 is 4.90 Å². The van der Waals surface area contributed by atoms with Gasteiger partial charge in [-0.05, 0) is 48.5 Å². The molecule has 1 fully saturated rings. The molecule has 2 aromatic carbocycles. The first-order valence-corrected chi connectivity index (χ1v) is 11.6. The Morgan fingerprint density at radius 1 is 1.03 bits per heavy atom. The van der Waals surface area contributed by atoms with Gasteiger partial charge < -0.3 is 14.3 Å². The summed E-state index contributed by atoms with van der Waals surface area (Å²) >= 11 is 0. The minimum atomic E-state index is -3.28. The number of carbonyl (C=O) groups is 1. The van der Waals surface area contributed by atoms with Crippen molar-refractivity contribution in [2.45, 2.75) is 11.8 Å². The van der Waals surface area contributed by atoms with E-state index < -0.39 is 9.84 Å². The fourth-order valence-electron chi connectivity index (χ4n) is 3.49. The van der Waals surface area contributed by atoms with Gasteiger partial charge >= 0.3 is 0 Å². The van der Waals surface area contributed by atoms with Gasteiger partial charge in [-0.1, -0.05) is 12.1 Å². The third-order valence-corrected chi connectivity index (χ3v) is 7.12. The Hall–Kier alpha value is -3.20. The molecule has 9 heteroatoms. The lowest BCUT2D eigenvalue weighted by Gasteiger charge is -2.35. The van der Waals surface area contributed by atoms with Gasteiger partial charge in [0.25, 0.3) is 5.91 Å². The number of nitrogens with zero attached hydrogens (tertiary/aromatic N) is 3. The standard InChI is InChI=1S/C22H22FN3O4S/c1-2-31(28,29)19-9-3-16(4-10-19)21-15-20(24-30-21)22(27)26-13-11-25(12-14-26)18-7-5-17(23)6-8-18/h3-10,15H,2,11-14H2,1H3. The maximum absolute atomic E-state index is 13.1. The second-order valence-electron chi connectivity index (χ2n) is 7.26. The number of hydrogen-bond donors (Lipinski definition) is 0. The van der Waals surface area contributed by atoms with E-state index in [0.717, 1.165) is 5.69 Å². The maximum Gasteiger partial charge on any atom is 0.276 e. The van der Waals surface area contributed by atoms with Gasteiger partial charge in [0.1, 0.15) is 5.82 Å². The Morgan fingerprint density at radius 3 is 2.29 bits per heavy atom. The zero-order chi connectivity index (χ0) is 22.0. The average molecular weight is 444 g/mol. The van der Waals surface area contributed by atoms with Crippen LogP contribution >= 0.6 is 0 Å². The van der Waals surface area contributed by atoms with Crippen molar-refractivity contribution >= 4 is 21.4 Å². The number of hydrogen-bond acceptors (Lipinski definition) is 6. The van der Waals surface area contributed by atoms with Crippen molar-refractivity contribution in [2.75, 3.05) is 36.8 Å². The summed E-state index contributed by atoms with van der Waals surface area (Å²) in [6, 6.07) is 14.2. The van der Waals surface area contributed by atoms with Gasteiger partial charge in [-0.3, -0.25) is 4.79 Å². The van der Waals surface area contributed by atoms with Crippen LogP contribution in [-0.2, 0) is 9.84 Å². The molecule has 1 saturated heterocycles. The van der Waals surface area contributed by atoms with Crippen molar-refractivity contribution in [2.24, 2.45) is 0 Å². The van der Waals surface area contributed by atoms with E-state index in [0.29, 0.717) is 37.5 Å². The number of piperazine rings is 1. The molecule has 0 atom stereocenters. The molecule has 0 bridgehead atoms. The molecule has 3 aromatic rings. The number of anilines is 1. The zero-order valence-corrected chi connectivity index (χ0v) is 17.8. The monoisotopic (exact) mass is 443 g/mol. The van der Waals surface area contributed by atoms with Gasteiger partial charge in [0.2, 0.25) is 0 Å². The van der Waals surface area contributed by atoms with E-state index in [-0.39, 0.29) is 28.1 Å². The van der Waals surface area contributed by atoms with Gasteiger partial charge in [-0.2, -0.15) is 0 Å². The smallest absolute Gasteiger partial charge is 0.276 e. The quantitative estimate of drug-likeness (QED) is 0.602. The Bertz CT molecular complexity index is 1170. The highest BCUT2D eigenvalue weighted by molar-refractivity contribution is 7.91. The lowest BCUT2D eigenvalue weighted by atomic mass is 10.1. The predicted molar refractivity (Wildman–Crippen MR) is 114 cm³/mol. The molecule has 0 spiro atoms. The van der Waals surface area contributed by atoms with Gasteiger partial charge in [0.15, 0.2) is 21.3 Å². The van der Waals surface area contributed by atoms with Crippen molar-refractivity contribution in [3.63, 3.8) is 0 Å². The summed E-state index contributed by atoms with van der Waals surface area (Å²) in [5, 5.41) is 3.90. The summed E-state index contributed by atoms with van der Waals surface area (Å²) in [5.74, 6) is -0.0736. The number of sulfone groups is 1. The third kappa shape index (κ3) is 4.46. The normalized spacial score (nSPS) is 14.6. The van der Waals surface area contributed by atoms with Crippen LogP contribution in [0.3, 0.4) is 0 Å².